The van der Waals surface area contributed by atoms with E-state index in [1.54, 1.807) is 7.11 Å². The highest BCUT2D eigenvalue weighted by Crippen LogP contribution is 2.25. The minimum Gasteiger partial charge on any atom is -0.497 e. The third-order valence-corrected chi connectivity index (χ3v) is 5.89. The Kier molecular flexibility index (Phi) is 11.2. The fraction of sp³-hybridized carbons (Fsp3) is 0.640. The lowest BCUT2D eigenvalue weighted by molar-refractivity contribution is -0.128. The van der Waals surface area contributed by atoms with Crippen molar-refractivity contribution in [2.45, 2.75) is 82.9 Å². The van der Waals surface area contributed by atoms with Crippen molar-refractivity contribution in [3.8, 4) is 5.75 Å². The summed E-state index contributed by atoms with van der Waals surface area (Å²) in [5.74, 6) is 0.838. The van der Waals surface area contributed by atoms with E-state index in [0.29, 0.717) is 25.9 Å². The largest absolute Gasteiger partial charge is 0.497 e. The summed E-state index contributed by atoms with van der Waals surface area (Å²) >= 11 is 0. The van der Waals surface area contributed by atoms with E-state index in [2.05, 4.69) is 6.58 Å². The van der Waals surface area contributed by atoms with Gasteiger partial charge in [-0.15, -0.1) is 6.58 Å². The maximum Gasteiger partial charge on any atom is 0.138 e. The first-order valence-electron chi connectivity index (χ1n) is 11.3. The van der Waals surface area contributed by atoms with Gasteiger partial charge in [0.2, 0.25) is 0 Å². The van der Waals surface area contributed by atoms with E-state index in [4.69, 9.17) is 19.3 Å². The van der Waals surface area contributed by atoms with Gasteiger partial charge in [-0.2, -0.15) is 0 Å². The van der Waals surface area contributed by atoms with Crippen LogP contribution in [0.3, 0.4) is 0 Å². The van der Waals surface area contributed by atoms with Gasteiger partial charge >= 0.3 is 0 Å². The monoisotopic (exact) mass is 434 g/mol. The molecule has 174 valence electrons. The van der Waals surface area contributed by atoms with E-state index in [1.807, 2.05) is 37.3 Å². The molecular weight excluding hydrogens is 396 g/mol. The van der Waals surface area contributed by atoms with E-state index in [0.717, 1.165) is 30.6 Å². The van der Waals surface area contributed by atoms with Crippen molar-refractivity contribution < 1.29 is 29.2 Å². The number of ether oxygens (including phenoxy) is 3. The van der Waals surface area contributed by atoms with Crippen LogP contribution < -0.4 is 4.74 Å². The molecule has 6 nitrogen and oxygen atoms in total. The van der Waals surface area contributed by atoms with Crippen molar-refractivity contribution in [2.24, 2.45) is 5.92 Å². The molecule has 1 saturated heterocycles. The molecule has 0 radical (unpaired) electrons. The Morgan fingerprint density at radius 3 is 2.65 bits per heavy atom. The number of carbonyl (C=O) groups is 1. The zero-order chi connectivity index (χ0) is 22.6. The van der Waals surface area contributed by atoms with Crippen LogP contribution in [-0.4, -0.2) is 54.1 Å². The van der Waals surface area contributed by atoms with E-state index in [1.165, 1.54) is 0 Å². The summed E-state index contributed by atoms with van der Waals surface area (Å²) in [7, 11) is 1.63. The minimum atomic E-state index is -0.771. The van der Waals surface area contributed by atoms with Gasteiger partial charge in [-0.1, -0.05) is 25.1 Å². The predicted molar refractivity (Wildman–Crippen MR) is 120 cm³/mol. The van der Waals surface area contributed by atoms with Crippen molar-refractivity contribution in [1.82, 2.24) is 0 Å². The normalized spacial score (nSPS) is 21.8. The van der Waals surface area contributed by atoms with E-state index in [9.17, 15) is 9.90 Å². The Morgan fingerprint density at radius 2 is 2.00 bits per heavy atom. The van der Waals surface area contributed by atoms with E-state index in [-0.39, 0.29) is 43.0 Å². The molecule has 2 N–H and O–H groups in total. The van der Waals surface area contributed by atoms with Gasteiger partial charge in [0.15, 0.2) is 0 Å². The molecule has 1 aromatic carbocycles. The minimum absolute atomic E-state index is 0.00214. The van der Waals surface area contributed by atoms with Gasteiger partial charge in [0, 0.05) is 31.8 Å². The number of benzene rings is 1. The lowest BCUT2D eigenvalue weighted by atomic mass is 9.94. The molecule has 0 saturated carbocycles. The molecule has 1 fully saturated rings. The van der Waals surface area contributed by atoms with Crippen LogP contribution in [0.5, 0.6) is 5.75 Å². The Morgan fingerprint density at radius 1 is 1.29 bits per heavy atom. The van der Waals surface area contributed by atoms with Crippen LogP contribution in [0.25, 0.3) is 0 Å². The zero-order valence-corrected chi connectivity index (χ0v) is 18.9. The topological polar surface area (TPSA) is 85.2 Å². The van der Waals surface area contributed by atoms with Gasteiger partial charge in [0.25, 0.3) is 0 Å². The van der Waals surface area contributed by atoms with Crippen LogP contribution in [0.15, 0.2) is 36.9 Å². The first-order chi connectivity index (χ1) is 14.9. The smallest absolute Gasteiger partial charge is 0.138 e. The molecule has 0 aromatic heterocycles. The first-order valence-corrected chi connectivity index (χ1v) is 11.3. The lowest BCUT2D eigenvalue weighted by Crippen LogP contribution is -2.32. The van der Waals surface area contributed by atoms with Crippen molar-refractivity contribution >= 4 is 5.78 Å². The molecule has 0 spiro atoms. The molecule has 2 rings (SSSR count). The molecule has 1 aliphatic rings. The summed E-state index contributed by atoms with van der Waals surface area (Å²) in [5, 5.41) is 19.6. The van der Waals surface area contributed by atoms with Crippen LogP contribution >= 0.6 is 0 Å². The summed E-state index contributed by atoms with van der Waals surface area (Å²) in [6.45, 7) is 6.36. The lowest BCUT2D eigenvalue weighted by Gasteiger charge is -2.30. The molecule has 1 heterocycles. The maximum absolute atomic E-state index is 12.5. The average molecular weight is 435 g/mol. The summed E-state index contributed by atoms with van der Waals surface area (Å²) in [5.41, 5.74) is 1.01. The number of Topliss-reactive ketones (excluding diaryl/α,β-unsaturated/α-hetero) is 1. The van der Waals surface area contributed by atoms with Crippen LogP contribution in [0.1, 0.15) is 57.4 Å². The number of hydrogen-bond acceptors (Lipinski definition) is 6. The zero-order valence-electron chi connectivity index (χ0n) is 18.9. The number of aliphatic hydroxyl groups excluding tert-OH is 2. The van der Waals surface area contributed by atoms with Crippen molar-refractivity contribution in [3.05, 3.63) is 42.5 Å². The van der Waals surface area contributed by atoms with Crippen molar-refractivity contribution in [3.63, 3.8) is 0 Å². The highest BCUT2D eigenvalue weighted by molar-refractivity contribution is 5.79. The highest BCUT2D eigenvalue weighted by Gasteiger charge is 2.26. The van der Waals surface area contributed by atoms with Gasteiger partial charge in [-0.3, -0.25) is 4.79 Å². The van der Waals surface area contributed by atoms with Gasteiger partial charge in [0.1, 0.15) is 11.5 Å². The SMILES string of the molecule is C=C[C@H](C)[C@@H](C[C@@H](O)CC(=O)C[C@@H]1CCC[C@H](CCO)O1)OCc1ccc(OC)cc1. The fourth-order valence-electron chi connectivity index (χ4n) is 3.95. The fourth-order valence-corrected chi connectivity index (χ4v) is 3.95. The number of methoxy groups -OCH3 is 1. The molecule has 0 amide bonds. The molecule has 0 aliphatic carbocycles. The molecule has 0 bridgehead atoms. The van der Waals surface area contributed by atoms with Crippen LogP contribution in [0.4, 0.5) is 0 Å². The van der Waals surface area contributed by atoms with Gasteiger partial charge < -0.3 is 24.4 Å². The third-order valence-electron chi connectivity index (χ3n) is 5.89. The second-order valence-corrected chi connectivity index (χ2v) is 8.45. The molecule has 5 atom stereocenters. The van der Waals surface area contributed by atoms with E-state index < -0.39 is 6.10 Å². The third kappa shape index (κ3) is 9.11. The Labute approximate surface area is 186 Å². The maximum atomic E-state index is 12.5. The van der Waals surface area contributed by atoms with Gasteiger partial charge in [-0.25, -0.2) is 0 Å². The molecule has 31 heavy (non-hydrogen) atoms. The predicted octanol–water partition coefficient (Wildman–Crippen LogP) is 3.82. The van der Waals surface area contributed by atoms with Gasteiger partial charge in [-0.05, 0) is 43.4 Å². The second kappa shape index (κ2) is 13.6. The Balaban J connectivity index is 1.81. The Hall–Kier alpha value is -1.73. The number of hydrogen-bond donors (Lipinski definition) is 2. The molecule has 6 heteroatoms. The molecule has 1 aromatic rings. The molecule has 1 aliphatic heterocycles. The summed E-state index contributed by atoms with van der Waals surface area (Å²) in [4.78, 5) is 12.5. The first kappa shape index (κ1) is 25.5. The van der Waals surface area contributed by atoms with Crippen molar-refractivity contribution in [2.75, 3.05) is 13.7 Å². The second-order valence-electron chi connectivity index (χ2n) is 8.45. The number of rotatable bonds is 14. The summed E-state index contributed by atoms with van der Waals surface area (Å²) < 4.78 is 17.1. The Bertz CT molecular complexity index is 656. The average Bonchev–Trinajstić information content (AvgIpc) is 2.76. The van der Waals surface area contributed by atoms with Crippen LogP contribution in [0, 0.1) is 5.92 Å². The van der Waals surface area contributed by atoms with Gasteiger partial charge in [0.05, 0.1) is 38.1 Å². The highest BCUT2D eigenvalue weighted by atomic mass is 16.5. The number of aliphatic hydroxyl groups is 2. The quantitative estimate of drug-likeness (QED) is 0.433. The summed E-state index contributed by atoms with van der Waals surface area (Å²) in [6, 6.07) is 7.67. The number of ketones is 1. The number of carbonyl (C=O) groups excluding carboxylic acids is 1. The summed E-state index contributed by atoms with van der Waals surface area (Å²) in [6.07, 6.45) is 4.90. The van der Waals surface area contributed by atoms with Crippen LogP contribution in [-0.2, 0) is 20.9 Å². The standard InChI is InChI=1S/C25H38O6/c1-4-18(2)25(30-17-19-8-10-22(29-3)11-9-19)16-21(28)14-20(27)15-24-7-5-6-23(31-24)12-13-26/h4,8-11,18,21,23-26,28H,1,5-7,12-17H2,2-3H3/t18-,21-,23+,24-,25+/m0/s1. The van der Waals surface area contributed by atoms with Crippen LogP contribution in [0.2, 0.25) is 0 Å². The molecule has 0 unspecified atom stereocenters. The molecular formula is C25H38O6. The van der Waals surface area contributed by atoms with E-state index >= 15 is 0 Å². The van der Waals surface area contributed by atoms with Crippen molar-refractivity contribution in [1.29, 1.82) is 0 Å².